The lowest BCUT2D eigenvalue weighted by Crippen LogP contribution is -2.28. The third-order valence-corrected chi connectivity index (χ3v) is 8.35. The van der Waals surface area contributed by atoms with E-state index in [0.717, 1.165) is 11.1 Å². The molecule has 3 heterocycles. The van der Waals surface area contributed by atoms with Gasteiger partial charge in [0, 0.05) is 16.4 Å². The summed E-state index contributed by atoms with van der Waals surface area (Å²) in [5.74, 6) is -0.319. The molecule has 0 unspecified atom stereocenters. The molecule has 0 saturated heterocycles. The molecular weight excluding hydrogens is 490 g/mol. The van der Waals surface area contributed by atoms with Crippen LogP contribution in [0.2, 0.25) is 0 Å². The van der Waals surface area contributed by atoms with Gasteiger partial charge in [-0.05, 0) is 67.3 Å². The van der Waals surface area contributed by atoms with E-state index in [9.17, 15) is 22.5 Å². The Labute approximate surface area is 204 Å². The second-order valence-corrected chi connectivity index (χ2v) is 12.6. The van der Waals surface area contributed by atoms with Crippen LogP contribution < -0.4 is 15.4 Å². The first kappa shape index (κ1) is 22.9. The summed E-state index contributed by atoms with van der Waals surface area (Å²) in [6.07, 6.45) is 0.441. The van der Waals surface area contributed by atoms with E-state index >= 15 is 0 Å². The minimum Gasteiger partial charge on any atom is -0.434 e. The molecule has 6 rings (SSSR count). The molecule has 0 aliphatic carbocycles. The van der Waals surface area contributed by atoms with Gasteiger partial charge in [0.05, 0.1) is 23.1 Å². The zero-order valence-corrected chi connectivity index (χ0v) is 20.2. The lowest BCUT2D eigenvalue weighted by Gasteiger charge is -2.21. The number of nitrogens with one attached hydrogen (secondary N) is 1. The number of halogens is 3. The van der Waals surface area contributed by atoms with E-state index in [4.69, 9.17) is 9.72 Å². The number of benzene rings is 3. The zero-order valence-electron chi connectivity index (χ0n) is 19.3. The molecule has 2 aliphatic heterocycles. The summed E-state index contributed by atoms with van der Waals surface area (Å²) in [6.45, 7) is 0.0105. The molecule has 36 heavy (non-hydrogen) atoms. The molecule has 6 nitrogen and oxygen atoms in total. The van der Waals surface area contributed by atoms with E-state index in [2.05, 4.69) is 5.32 Å². The highest BCUT2D eigenvalue weighted by atomic mass is 31.2. The molecule has 10 heteroatoms. The van der Waals surface area contributed by atoms with E-state index < -0.39 is 31.7 Å². The van der Waals surface area contributed by atoms with Crippen molar-refractivity contribution in [2.75, 3.05) is 13.3 Å². The number of carbonyl (C=O) groups excluding carboxylic acids is 1. The van der Waals surface area contributed by atoms with Crippen molar-refractivity contribution in [1.29, 1.82) is 0 Å². The first-order valence-electron chi connectivity index (χ1n) is 11.4. The maximum atomic E-state index is 14.8. The monoisotopic (exact) mass is 511 g/mol. The van der Waals surface area contributed by atoms with Crippen molar-refractivity contribution in [3.05, 3.63) is 77.4 Å². The van der Waals surface area contributed by atoms with Gasteiger partial charge < -0.3 is 19.2 Å². The Bertz CT molecular complexity index is 1610. The van der Waals surface area contributed by atoms with Crippen molar-refractivity contribution >= 4 is 29.4 Å². The molecule has 0 fully saturated rings. The summed E-state index contributed by atoms with van der Waals surface area (Å²) < 4.78 is 60.3. The topological polar surface area (TPSA) is 73.2 Å². The number of amides is 1. The van der Waals surface area contributed by atoms with Crippen LogP contribution in [0.4, 0.5) is 13.2 Å². The fourth-order valence-corrected chi connectivity index (χ4v) is 6.33. The number of nitrogens with zero attached hydrogens (tertiary/aromatic N) is 2. The third kappa shape index (κ3) is 3.53. The number of imidazole rings is 1. The lowest BCUT2D eigenvalue weighted by molar-refractivity contribution is -0.0507. The van der Waals surface area contributed by atoms with Crippen LogP contribution in [0.25, 0.3) is 22.2 Å². The Morgan fingerprint density at radius 3 is 2.58 bits per heavy atom. The van der Waals surface area contributed by atoms with Crippen LogP contribution in [-0.2, 0) is 4.57 Å². The number of ether oxygens (including phenoxy) is 1. The Kier molecular flexibility index (Phi) is 5.06. The SMILES string of the molecule is CP(C)(=O)c1ccc(-c2ccc3nc4n(c3c2)[C@@H]2C[C@H]4NC(=O)c3cccc(OC(F)F)c32)cc1F. The second-order valence-electron chi connectivity index (χ2n) is 9.43. The summed E-state index contributed by atoms with van der Waals surface area (Å²) in [5, 5.41) is 3.15. The number of aromatic nitrogens is 2. The van der Waals surface area contributed by atoms with Gasteiger partial charge in [0.15, 0.2) is 0 Å². The van der Waals surface area contributed by atoms with Crippen LogP contribution in [-0.4, -0.2) is 35.4 Å². The quantitative estimate of drug-likeness (QED) is 0.369. The summed E-state index contributed by atoms with van der Waals surface area (Å²) in [6, 6.07) is 13.8. The largest absolute Gasteiger partial charge is 0.434 e. The van der Waals surface area contributed by atoms with E-state index in [1.54, 1.807) is 18.2 Å². The molecule has 4 aromatic rings. The Morgan fingerprint density at radius 1 is 1.11 bits per heavy atom. The van der Waals surface area contributed by atoms with Gasteiger partial charge in [0.25, 0.3) is 5.91 Å². The molecule has 0 saturated carbocycles. The summed E-state index contributed by atoms with van der Waals surface area (Å²) in [4.78, 5) is 17.6. The van der Waals surface area contributed by atoms with Crippen LogP contribution >= 0.6 is 7.14 Å². The van der Waals surface area contributed by atoms with Gasteiger partial charge in [-0.3, -0.25) is 4.79 Å². The molecular formula is C26H21F3N3O3P. The molecule has 1 N–H and O–H groups in total. The molecule has 2 aliphatic rings. The van der Waals surface area contributed by atoms with Crippen molar-refractivity contribution in [2.24, 2.45) is 0 Å². The van der Waals surface area contributed by atoms with Crippen molar-refractivity contribution < 1.29 is 27.3 Å². The predicted molar refractivity (Wildman–Crippen MR) is 130 cm³/mol. The van der Waals surface area contributed by atoms with Crippen LogP contribution in [0.3, 0.4) is 0 Å². The third-order valence-electron chi connectivity index (χ3n) is 6.83. The summed E-state index contributed by atoms with van der Waals surface area (Å²) >= 11 is 0. The Morgan fingerprint density at radius 2 is 1.86 bits per heavy atom. The minimum absolute atomic E-state index is 0.0459. The van der Waals surface area contributed by atoms with Crippen molar-refractivity contribution in [3.63, 3.8) is 0 Å². The Hall–Kier alpha value is -3.58. The second kappa shape index (κ2) is 7.96. The number of hydrogen-bond acceptors (Lipinski definition) is 4. The molecule has 0 radical (unpaired) electrons. The molecule has 2 atom stereocenters. The summed E-state index contributed by atoms with van der Waals surface area (Å²) in [5.41, 5.74) is 3.39. The molecule has 2 bridgehead atoms. The van der Waals surface area contributed by atoms with Crippen LogP contribution in [0.15, 0.2) is 54.6 Å². The molecule has 1 aromatic heterocycles. The van der Waals surface area contributed by atoms with Crippen LogP contribution in [0, 0.1) is 5.82 Å². The van der Waals surface area contributed by atoms with E-state index in [-0.39, 0.29) is 22.5 Å². The van der Waals surface area contributed by atoms with Crippen molar-refractivity contribution in [3.8, 4) is 16.9 Å². The average Bonchev–Trinajstić information content (AvgIpc) is 3.30. The molecule has 0 spiro atoms. The number of hydrogen-bond donors (Lipinski definition) is 1. The molecule has 184 valence electrons. The van der Waals surface area contributed by atoms with Crippen molar-refractivity contribution in [1.82, 2.24) is 14.9 Å². The summed E-state index contributed by atoms with van der Waals surface area (Å²) in [7, 11) is -2.76. The molecule has 3 aromatic carbocycles. The average molecular weight is 511 g/mol. The van der Waals surface area contributed by atoms with Gasteiger partial charge in [-0.1, -0.05) is 18.2 Å². The first-order valence-corrected chi connectivity index (χ1v) is 14.0. The minimum atomic E-state index is -3.04. The maximum Gasteiger partial charge on any atom is 0.387 e. The highest BCUT2D eigenvalue weighted by molar-refractivity contribution is 7.70. The van der Waals surface area contributed by atoms with E-state index in [1.165, 1.54) is 31.5 Å². The van der Waals surface area contributed by atoms with Gasteiger partial charge in [-0.2, -0.15) is 8.78 Å². The van der Waals surface area contributed by atoms with Crippen molar-refractivity contribution in [2.45, 2.75) is 25.1 Å². The van der Waals surface area contributed by atoms with Gasteiger partial charge in [0.1, 0.15) is 24.5 Å². The normalized spacial score (nSPS) is 18.7. The zero-order chi connectivity index (χ0) is 25.4. The van der Waals surface area contributed by atoms with Crippen LogP contribution in [0.1, 0.15) is 40.3 Å². The fraction of sp³-hybridized carbons (Fsp3) is 0.231. The van der Waals surface area contributed by atoms with Gasteiger partial charge in [-0.15, -0.1) is 0 Å². The fourth-order valence-electron chi connectivity index (χ4n) is 5.31. The van der Waals surface area contributed by atoms with E-state index in [0.29, 0.717) is 28.9 Å². The number of carbonyl (C=O) groups is 1. The predicted octanol–water partition coefficient (Wildman–Crippen LogP) is 5.47. The lowest BCUT2D eigenvalue weighted by atomic mass is 9.97. The van der Waals surface area contributed by atoms with Crippen LogP contribution in [0.5, 0.6) is 5.75 Å². The van der Waals surface area contributed by atoms with Gasteiger partial charge in [-0.25, -0.2) is 9.37 Å². The number of rotatable bonds is 4. The van der Waals surface area contributed by atoms with E-state index in [1.807, 2.05) is 22.8 Å². The smallest absolute Gasteiger partial charge is 0.387 e. The first-order chi connectivity index (χ1) is 17.1. The molecule has 1 amide bonds. The maximum absolute atomic E-state index is 14.8. The highest BCUT2D eigenvalue weighted by Crippen LogP contribution is 2.47. The highest BCUT2D eigenvalue weighted by Gasteiger charge is 2.42. The Balaban J connectivity index is 1.52. The number of alkyl halides is 2. The van der Waals surface area contributed by atoms with Gasteiger partial charge >= 0.3 is 6.61 Å². The number of fused-ring (bicyclic) bond motifs is 9. The standard InChI is InChI=1S/C26H21F3N3O3P/c1-36(2,34)22-9-7-13(10-16(22)27)14-6-8-17-19(11-14)32-20-12-18(24(32)30-17)31-25(33)15-4-3-5-21(23(15)20)35-26(28)29/h3-11,18,20,26H,12H2,1-2H3,(H,31,33)/t18-,20-/m1/s1. The van der Waals surface area contributed by atoms with Gasteiger partial charge in [0.2, 0.25) is 0 Å².